The highest BCUT2D eigenvalue weighted by atomic mass is 16.5. The van der Waals surface area contributed by atoms with E-state index in [2.05, 4.69) is 24.7 Å². The molecule has 0 aromatic rings. The Morgan fingerprint density at radius 1 is 1.58 bits per heavy atom. The summed E-state index contributed by atoms with van der Waals surface area (Å²) >= 11 is 0. The van der Waals surface area contributed by atoms with Gasteiger partial charge in [-0.15, -0.1) is 6.42 Å². The molecule has 0 amide bonds. The molecule has 12 heavy (non-hydrogen) atoms. The lowest BCUT2D eigenvalue weighted by atomic mass is 10.2. The van der Waals surface area contributed by atoms with E-state index in [4.69, 9.17) is 11.2 Å². The van der Waals surface area contributed by atoms with Gasteiger partial charge in [-0.25, -0.2) is 0 Å². The maximum atomic E-state index is 5.45. The lowest BCUT2D eigenvalue weighted by Crippen LogP contribution is -2.36. The van der Waals surface area contributed by atoms with E-state index in [9.17, 15) is 0 Å². The van der Waals surface area contributed by atoms with Gasteiger partial charge in [-0.05, 0) is 20.3 Å². The van der Waals surface area contributed by atoms with Gasteiger partial charge in [0.05, 0.1) is 0 Å². The van der Waals surface area contributed by atoms with Gasteiger partial charge < -0.3 is 4.74 Å². The van der Waals surface area contributed by atoms with Crippen LogP contribution in [0.15, 0.2) is 0 Å². The number of ether oxygens (including phenoxy) is 1. The topological polar surface area (TPSA) is 12.5 Å². The molecule has 0 aromatic carbocycles. The van der Waals surface area contributed by atoms with Gasteiger partial charge in [0.15, 0.2) is 0 Å². The largest absolute Gasteiger partial charge is 0.364 e. The second-order valence-corrected chi connectivity index (χ2v) is 3.47. The summed E-state index contributed by atoms with van der Waals surface area (Å²) in [6.07, 6.45) is 6.42. The van der Waals surface area contributed by atoms with E-state index >= 15 is 0 Å². The molecule has 0 unspecified atom stereocenters. The van der Waals surface area contributed by atoms with Crippen LogP contribution in [0.5, 0.6) is 0 Å². The lowest BCUT2D eigenvalue weighted by molar-refractivity contribution is 0.0891. The zero-order valence-corrected chi connectivity index (χ0v) is 7.92. The standard InChI is InChI=1S/C10H17NO/c1-4-10-8-11(9(2)3)6-5-7-12-10/h1,9-10H,5-8H2,2-3H3/t10-/m1/s1. The van der Waals surface area contributed by atoms with Crippen molar-refractivity contribution in [2.24, 2.45) is 0 Å². The number of hydrogen-bond acceptors (Lipinski definition) is 2. The van der Waals surface area contributed by atoms with E-state index in [0.717, 1.165) is 26.1 Å². The fourth-order valence-electron chi connectivity index (χ4n) is 1.42. The Bertz CT molecular complexity index is 171. The Balaban J connectivity index is 2.49. The molecule has 1 heterocycles. The van der Waals surface area contributed by atoms with Gasteiger partial charge in [-0.1, -0.05) is 5.92 Å². The first-order chi connectivity index (χ1) is 5.74. The molecular weight excluding hydrogens is 150 g/mol. The van der Waals surface area contributed by atoms with Gasteiger partial charge >= 0.3 is 0 Å². The van der Waals surface area contributed by atoms with Crippen molar-refractivity contribution in [2.75, 3.05) is 19.7 Å². The predicted molar refractivity (Wildman–Crippen MR) is 49.9 cm³/mol. The Hall–Kier alpha value is -0.520. The molecule has 1 aliphatic rings. The van der Waals surface area contributed by atoms with Gasteiger partial charge in [0.1, 0.15) is 6.10 Å². The van der Waals surface area contributed by atoms with Crippen molar-refractivity contribution in [3.05, 3.63) is 0 Å². The van der Waals surface area contributed by atoms with Crippen molar-refractivity contribution in [1.29, 1.82) is 0 Å². The fraction of sp³-hybridized carbons (Fsp3) is 0.800. The molecular formula is C10H17NO. The van der Waals surface area contributed by atoms with Crippen molar-refractivity contribution >= 4 is 0 Å². The van der Waals surface area contributed by atoms with E-state index in [0.29, 0.717) is 6.04 Å². The Morgan fingerprint density at radius 2 is 2.33 bits per heavy atom. The van der Waals surface area contributed by atoms with Crippen LogP contribution in [0.4, 0.5) is 0 Å². The van der Waals surface area contributed by atoms with Crippen molar-refractivity contribution in [1.82, 2.24) is 4.90 Å². The zero-order valence-electron chi connectivity index (χ0n) is 7.92. The molecule has 0 radical (unpaired) electrons. The summed E-state index contributed by atoms with van der Waals surface area (Å²) in [5.74, 6) is 2.66. The minimum Gasteiger partial charge on any atom is -0.364 e. The van der Waals surface area contributed by atoms with Gasteiger partial charge in [-0.2, -0.15) is 0 Å². The Morgan fingerprint density at radius 3 is 2.92 bits per heavy atom. The van der Waals surface area contributed by atoms with Gasteiger partial charge in [0.2, 0.25) is 0 Å². The quantitative estimate of drug-likeness (QED) is 0.543. The van der Waals surface area contributed by atoms with Crippen molar-refractivity contribution < 1.29 is 4.74 Å². The number of nitrogens with zero attached hydrogens (tertiary/aromatic N) is 1. The molecule has 0 saturated carbocycles. The fourth-order valence-corrected chi connectivity index (χ4v) is 1.42. The third-order valence-electron chi connectivity index (χ3n) is 2.23. The molecule has 2 nitrogen and oxygen atoms in total. The Labute approximate surface area is 74.9 Å². The lowest BCUT2D eigenvalue weighted by Gasteiger charge is -2.25. The monoisotopic (exact) mass is 167 g/mol. The number of terminal acetylenes is 1. The first-order valence-corrected chi connectivity index (χ1v) is 4.56. The normalized spacial score (nSPS) is 26.7. The minimum absolute atomic E-state index is 0.00472. The van der Waals surface area contributed by atoms with Crippen LogP contribution in [0.25, 0.3) is 0 Å². The van der Waals surface area contributed by atoms with Crippen LogP contribution >= 0.6 is 0 Å². The number of hydrogen-bond donors (Lipinski definition) is 0. The summed E-state index contributed by atoms with van der Waals surface area (Å²) in [5.41, 5.74) is 0. The summed E-state index contributed by atoms with van der Waals surface area (Å²) in [6.45, 7) is 7.18. The molecule has 0 aliphatic carbocycles. The van der Waals surface area contributed by atoms with Crippen molar-refractivity contribution in [3.8, 4) is 12.3 Å². The number of rotatable bonds is 1. The molecule has 2 heteroatoms. The van der Waals surface area contributed by atoms with Crippen LogP contribution in [0.2, 0.25) is 0 Å². The molecule has 1 rings (SSSR count). The molecule has 1 saturated heterocycles. The van der Waals surface area contributed by atoms with Crippen LogP contribution in [0.1, 0.15) is 20.3 Å². The van der Waals surface area contributed by atoms with Crippen LogP contribution in [0.3, 0.4) is 0 Å². The van der Waals surface area contributed by atoms with E-state index < -0.39 is 0 Å². The highest BCUT2D eigenvalue weighted by molar-refractivity contribution is 4.97. The smallest absolute Gasteiger partial charge is 0.130 e. The molecule has 1 aliphatic heterocycles. The Kier molecular flexibility index (Phi) is 3.58. The maximum Gasteiger partial charge on any atom is 0.130 e. The van der Waals surface area contributed by atoms with Gasteiger partial charge in [-0.3, -0.25) is 4.90 Å². The molecule has 0 spiro atoms. The average molecular weight is 167 g/mol. The predicted octanol–water partition coefficient (Wildman–Crippen LogP) is 1.12. The van der Waals surface area contributed by atoms with E-state index in [1.165, 1.54) is 0 Å². The van der Waals surface area contributed by atoms with Crippen LogP contribution < -0.4 is 0 Å². The average Bonchev–Trinajstić information content (AvgIpc) is 2.28. The van der Waals surface area contributed by atoms with E-state index in [1.54, 1.807) is 0 Å². The molecule has 0 bridgehead atoms. The van der Waals surface area contributed by atoms with Crippen LogP contribution in [-0.2, 0) is 4.74 Å². The third kappa shape index (κ3) is 2.51. The molecule has 0 aromatic heterocycles. The summed E-state index contributed by atoms with van der Waals surface area (Å²) in [5, 5.41) is 0. The summed E-state index contributed by atoms with van der Waals surface area (Å²) < 4.78 is 5.45. The SMILES string of the molecule is C#C[C@@H]1CN(C(C)C)CCCO1. The molecule has 68 valence electrons. The minimum atomic E-state index is -0.00472. The van der Waals surface area contributed by atoms with E-state index in [1.807, 2.05) is 0 Å². The highest BCUT2D eigenvalue weighted by Crippen LogP contribution is 2.08. The van der Waals surface area contributed by atoms with E-state index in [-0.39, 0.29) is 6.10 Å². The van der Waals surface area contributed by atoms with Crippen molar-refractivity contribution in [2.45, 2.75) is 32.4 Å². The van der Waals surface area contributed by atoms with Crippen LogP contribution in [-0.4, -0.2) is 36.7 Å². The van der Waals surface area contributed by atoms with Gasteiger partial charge in [0.25, 0.3) is 0 Å². The maximum absolute atomic E-state index is 5.45. The zero-order chi connectivity index (χ0) is 8.97. The molecule has 1 fully saturated rings. The van der Waals surface area contributed by atoms with Crippen LogP contribution in [0, 0.1) is 12.3 Å². The highest BCUT2D eigenvalue weighted by Gasteiger charge is 2.18. The summed E-state index contributed by atoms with van der Waals surface area (Å²) in [4.78, 5) is 2.37. The first kappa shape index (κ1) is 9.57. The molecule has 1 atom stereocenters. The van der Waals surface area contributed by atoms with Crippen molar-refractivity contribution in [3.63, 3.8) is 0 Å². The summed E-state index contributed by atoms with van der Waals surface area (Å²) in [7, 11) is 0. The third-order valence-corrected chi connectivity index (χ3v) is 2.23. The summed E-state index contributed by atoms with van der Waals surface area (Å²) in [6, 6.07) is 0.572. The second kappa shape index (κ2) is 4.49. The first-order valence-electron chi connectivity index (χ1n) is 4.56. The van der Waals surface area contributed by atoms with Gasteiger partial charge in [0, 0.05) is 25.7 Å². The second-order valence-electron chi connectivity index (χ2n) is 3.47. The molecule has 0 N–H and O–H groups in total.